The van der Waals surface area contributed by atoms with Gasteiger partial charge < -0.3 is 48.1 Å². The van der Waals surface area contributed by atoms with E-state index in [4.69, 9.17) is 29.2 Å². The van der Waals surface area contributed by atoms with Gasteiger partial charge >= 0.3 is 72.0 Å². The molecule has 2 atom stereocenters. The van der Waals surface area contributed by atoms with Crippen molar-refractivity contribution in [2.24, 2.45) is 21.7 Å². The van der Waals surface area contributed by atoms with Crippen LogP contribution in [0.4, 0.5) is 26.3 Å². The maximum Gasteiger partial charge on any atom is 0.425 e. The summed E-state index contributed by atoms with van der Waals surface area (Å²) in [6, 6.07) is 0. The van der Waals surface area contributed by atoms with Gasteiger partial charge in [-0.15, -0.1) is 0 Å². The maximum absolute atomic E-state index is 12.1. The van der Waals surface area contributed by atoms with Crippen LogP contribution in [0.25, 0.3) is 0 Å². The predicted molar refractivity (Wildman–Crippen MR) is 339 cm³/mol. The first-order valence-electron chi connectivity index (χ1n) is 29.8. The van der Waals surface area contributed by atoms with Crippen LogP contribution in [0.5, 0.6) is 0 Å². The van der Waals surface area contributed by atoms with Crippen molar-refractivity contribution < 1.29 is 122 Å². The monoisotopic (exact) mass is 1340 g/mol. The molecule has 0 saturated carbocycles. The van der Waals surface area contributed by atoms with E-state index < -0.39 is 90.0 Å². The van der Waals surface area contributed by atoms with E-state index in [0.29, 0.717) is 51.0 Å². The minimum Gasteiger partial charge on any atom is -0.481 e. The molecule has 0 aromatic heterocycles. The molecular weight excluding hydrogens is 1230 g/mol. The average Bonchev–Trinajstić information content (AvgIpc) is 1.07. The van der Waals surface area contributed by atoms with Gasteiger partial charge in [0.2, 0.25) is 0 Å². The fourth-order valence-corrected chi connectivity index (χ4v) is 3.47. The van der Waals surface area contributed by atoms with Crippen molar-refractivity contribution in [3.05, 3.63) is 48.6 Å². The van der Waals surface area contributed by atoms with E-state index in [1.807, 2.05) is 90.0 Å². The molecule has 2 N–H and O–H groups in total. The van der Waals surface area contributed by atoms with Gasteiger partial charge in [0, 0.05) is 22.3 Å². The van der Waals surface area contributed by atoms with Crippen LogP contribution in [0.3, 0.4) is 0 Å². The molecule has 0 aliphatic heterocycles. The third-order valence-corrected chi connectivity index (χ3v) is 11.6. The van der Waals surface area contributed by atoms with Crippen LogP contribution in [-0.2, 0) is 85.8 Å². The Hall–Kier alpha value is -6.76. The normalized spacial score (nSPS) is 11.7. The van der Waals surface area contributed by atoms with Crippen LogP contribution in [0, 0.1) is 21.7 Å². The highest BCUT2D eigenvalue weighted by molar-refractivity contribution is 5.89. The number of alkyl halides is 6. The highest BCUT2D eigenvalue weighted by Crippen LogP contribution is 2.27. The number of unbranched alkanes of at least 4 members (excludes halogenated alkanes) is 2. The maximum atomic E-state index is 12.1. The summed E-state index contributed by atoms with van der Waals surface area (Å²) in [6.45, 7) is 57.3. The molecule has 2 unspecified atom stereocenters. The molecule has 0 spiro atoms. The Labute approximate surface area is 544 Å². The van der Waals surface area contributed by atoms with Crippen LogP contribution in [0.2, 0.25) is 0 Å². The Balaban J connectivity index is -0.000000149. The molecule has 20 nitrogen and oxygen atoms in total. The first-order chi connectivity index (χ1) is 41.0. The lowest BCUT2D eigenvalue weighted by atomic mass is 9.90. The van der Waals surface area contributed by atoms with Gasteiger partial charge in [-0.1, -0.05) is 80.7 Å². The summed E-state index contributed by atoms with van der Waals surface area (Å²) >= 11 is 0. The summed E-state index contributed by atoms with van der Waals surface area (Å²) in [5.74, 6) is -6.45. The Kier molecular flexibility index (Phi) is 53.9. The van der Waals surface area contributed by atoms with Crippen molar-refractivity contribution in [2.75, 3.05) is 26.4 Å². The van der Waals surface area contributed by atoms with E-state index in [2.05, 4.69) is 59.1 Å². The Bertz CT molecular complexity index is 2290. The van der Waals surface area contributed by atoms with E-state index in [-0.39, 0.29) is 51.5 Å². The number of halogens is 6. The number of carbonyl (C=O) groups is 10. The second kappa shape index (κ2) is 48.9. The van der Waals surface area contributed by atoms with Gasteiger partial charge in [-0.3, -0.25) is 19.2 Å². The van der Waals surface area contributed by atoms with Crippen LogP contribution >= 0.6 is 0 Å². The van der Waals surface area contributed by atoms with Gasteiger partial charge in [-0.25, -0.2) is 28.8 Å². The molecule has 26 heteroatoms. The lowest BCUT2D eigenvalue weighted by molar-refractivity contribution is -0.218. The first kappa shape index (κ1) is 101. The molecule has 0 aromatic carbocycles. The van der Waals surface area contributed by atoms with Gasteiger partial charge in [0.1, 0.15) is 11.2 Å². The number of aliphatic carboxylic acids is 2. The second-order valence-electron chi connectivity index (χ2n) is 25.2. The number of rotatable bonds is 24. The van der Waals surface area contributed by atoms with Crippen LogP contribution in [-0.4, -0.2) is 132 Å². The van der Waals surface area contributed by atoms with Crippen molar-refractivity contribution in [2.45, 2.75) is 267 Å². The zero-order valence-electron chi connectivity index (χ0n) is 60.0. The molecule has 0 aliphatic rings. The van der Waals surface area contributed by atoms with Crippen molar-refractivity contribution in [3.8, 4) is 0 Å². The number of carboxylic acids is 2. The highest BCUT2D eigenvalue weighted by Gasteiger charge is 2.40. The van der Waals surface area contributed by atoms with Gasteiger partial charge in [0.25, 0.3) is 0 Å². The van der Waals surface area contributed by atoms with Gasteiger partial charge in [0.05, 0.1) is 34.9 Å². The number of hydrogen-bond acceptors (Lipinski definition) is 18. The van der Waals surface area contributed by atoms with Gasteiger partial charge in [-0.05, 0) is 177 Å². The molecule has 0 bridgehead atoms. The minimum absolute atomic E-state index is 0.0386. The van der Waals surface area contributed by atoms with Crippen molar-refractivity contribution >= 4 is 59.7 Å². The number of carboxylic acid groups (broad SMARTS) is 2. The summed E-state index contributed by atoms with van der Waals surface area (Å²) in [4.78, 5) is 108. The molecule has 0 amide bonds. The second-order valence-corrected chi connectivity index (χ2v) is 25.2. The van der Waals surface area contributed by atoms with Crippen molar-refractivity contribution in [1.29, 1.82) is 0 Å². The molecule has 0 fully saturated rings. The quantitative estimate of drug-likeness (QED) is 0.0298. The SMILES string of the molecule is C=C(C)C(=O)O.C=C(C)C(=O)OC(C)(C)C.C=C(C)C(=O)OCC(=O)OC(C)C(F)(F)F.C=C(C)C(=O)OCCCC.CCC(C)(C)C(=O)O.CCC(C)(C)C(=O)OC(C)(C)C.CCC(C)(C)C(=O)OCC(=O)OC(C)C(F)(F)F.CCCCOC(=O)C(C)(C)CC. The molecule has 0 aromatic rings. The lowest BCUT2D eigenvalue weighted by Crippen LogP contribution is -2.34. The number of hydrogen-bond donors (Lipinski definition) is 2. The molecule has 92 heavy (non-hydrogen) atoms. The molecule has 0 radical (unpaired) electrons. The smallest absolute Gasteiger partial charge is 0.425 e. The Morgan fingerprint density at radius 2 is 0.663 bits per heavy atom. The number of esters is 8. The fourth-order valence-electron chi connectivity index (χ4n) is 3.47. The average molecular weight is 1340 g/mol. The molecule has 0 heterocycles. The largest absolute Gasteiger partial charge is 0.481 e. The van der Waals surface area contributed by atoms with Crippen LogP contribution < -0.4 is 0 Å². The predicted octanol–water partition coefficient (Wildman–Crippen LogP) is 15.6. The number of ether oxygens (including phenoxy) is 8. The Morgan fingerprint density at radius 3 is 0.891 bits per heavy atom. The summed E-state index contributed by atoms with van der Waals surface area (Å²) in [5, 5.41) is 16.3. The van der Waals surface area contributed by atoms with Gasteiger partial charge in [0.15, 0.2) is 25.4 Å². The first-order valence-corrected chi connectivity index (χ1v) is 29.8. The lowest BCUT2D eigenvalue weighted by Gasteiger charge is -2.27. The van der Waals surface area contributed by atoms with Crippen molar-refractivity contribution in [3.63, 3.8) is 0 Å². The van der Waals surface area contributed by atoms with E-state index in [9.17, 15) is 74.3 Å². The van der Waals surface area contributed by atoms with E-state index >= 15 is 0 Å². The van der Waals surface area contributed by atoms with Gasteiger partial charge in [-0.2, -0.15) is 26.3 Å². The minimum atomic E-state index is -4.63. The third-order valence-electron chi connectivity index (χ3n) is 11.6. The molecule has 0 saturated heterocycles. The van der Waals surface area contributed by atoms with Crippen LogP contribution in [0.1, 0.15) is 231 Å². The topological polar surface area (TPSA) is 285 Å². The summed E-state index contributed by atoms with van der Waals surface area (Å²) in [6.07, 6.45) is -6.89. The van der Waals surface area contributed by atoms with Crippen molar-refractivity contribution in [1.82, 2.24) is 0 Å². The third kappa shape index (κ3) is 62.1. The molecule has 0 aliphatic carbocycles. The van der Waals surface area contributed by atoms with E-state index in [1.54, 1.807) is 48.5 Å². The fraction of sp³-hybridized carbons (Fsp3) is 0.727. The molecule has 540 valence electrons. The highest BCUT2D eigenvalue weighted by atomic mass is 19.4. The Morgan fingerprint density at radius 1 is 0.391 bits per heavy atom. The zero-order chi connectivity index (χ0) is 75.4. The summed E-state index contributed by atoms with van der Waals surface area (Å²) in [7, 11) is 0. The van der Waals surface area contributed by atoms with Crippen LogP contribution in [0.15, 0.2) is 48.6 Å². The summed E-state index contributed by atoms with van der Waals surface area (Å²) < 4.78 is 109. The molecule has 0 rings (SSSR count). The number of carbonyl (C=O) groups excluding carboxylic acids is 8. The van der Waals surface area contributed by atoms with E-state index in [0.717, 1.165) is 38.5 Å². The standard InChI is InChI=1S/C11H17F3O4.2C10H20O2.C9H11F3O4.2C8H14O2.C6H12O2.C4H6O2/c1-5-10(3,4)9(16)17-6-8(15)18-7(2)11(12,13)14;1-7-10(5,6)8(11)12-9(2,3)4;1-5-7-8-12-9(11)10(3,4)6-2;1-5(2)8(14)15-4-7(13)16-6(3)9(10,11)12;1-6(2)7(9)10-8(3,4)5;1-4-5-6-10-8(9)7(2)3;1-4-6(2,3)5(7)8;1-3(2)4(5)6/h7H,5-6H2,1-4H3;7H2,1-6H3;5-8H2,1-4H3;6H,1,4H2,2-3H3;1H2,2-5H3;2,4-6H2,1,3H3;4H2,1-3H3,(H,7,8);1H2,2H3,(H,5,6). The van der Waals surface area contributed by atoms with E-state index in [1.165, 1.54) is 13.8 Å². The zero-order valence-corrected chi connectivity index (χ0v) is 60.0. The molecular formula is C66H114F6O20. The summed E-state index contributed by atoms with van der Waals surface area (Å²) in [5.41, 5.74) is -1.64.